The molecule has 1 unspecified atom stereocenters. The summed E-state index contributed by atoms with van der Waals surface area (Å²) >= 11 is 6.09. The van der Waals surface area contributed by atoms with Crippen molar-refractivity contribution in [1.29, 1.82) is 0 Å². The Balaban J connectivity index is 1.80. The van der Waals surface area contributed by atoms with E-state index in [1.807, 2.05) is 60.7 Å². The van der Waals surface area contributed by atoms with Gasteiger partial charge < -0.3 is 9.64 Å². The summed E-state index contributed by atoms with van der Waals surface area (Å²) in [4.78, 5) is 27.5. The van der Waals surface area contributed by atoms with E-state index in [9.17, 15) is 18.0 Å². The number of sulfone groups is 1. The van der Waals surface area contributed by atoms with Crippen LogP contribution in [-0.4, -0.2) is 37.6 Å². The number of esters is 1. The Morgan fingerprint density at radius 1 is 0.909 bits per heavy atom. The van der Waals surface area contributed by atoms with Crippen molar-refractivity contribution in [2.75, 3.05) is 6.26 Å². The Kier molecular flexibility index (Phi) is 7.89. The molecule has 0 radical (unpaired) electrons. The molecular weight excluding hydrogens is 462 g/mol. The van der Waals surface area contributed by atoms with Crippen LogP contribution >= 0.6 is 11.6 Å². The summed E-state index contributed by atoms with van der Waals surface area (Å²) in [6.45, 7) is 2.15. The van der Waals surface area contributed by atoms with E-state index in [-0.39, 0.29) is 21.4 Å². The van der Waals surface area contributed by atoms with E-state index in [1.165, 1.54) is 19.1 Å². The highest BCUT2D eigenvalue weighted by Crippen LogP contribution is 2.22. The first-order valence-corrected chi connectivity index (χ1v) is 12.5. The van der Waals surface area contributed by atoms with Crippen molar-refractivity contribution in [1.82, 2.24) is 4.90 Å². The van der Waals surface area contributed by atoms with E-state index >= 15 is 0 Å². The van der Waals surface area contributed by atoms with Crippen LogP contribution in [0.1, 0.15) is 28.4 Å². The van der Waals surface area contributed by atoms with Crippen LogP contribution in [0.4, 0.5) is 0 Å². The van der Waals surface area contributed by atoms with Crippen LogP contribution in [0.5, 0.6) is 0 Å². The molecule has 0 fully saturated rings. The summed E-state index contributed by atoms with van der Waals surface area (Å²) < 4.78 is 29.1. The van der Waals surface area contributed by atoms with E-state index in [0.717, 1.165) is 23.4 Å². The van der Waals surface area contributed by atoms with Crippen molar-refractivity contribution in [3.8, 4) is 0 Å². The molecule has 172 valence electrons. The van der Waals surface area contributed by atoms with Gasteiger partial charge in [0.15, 0.2) is 15.9 Å². The van der Waals surface area contributed by atoms with Crippen molar-refractivity contribution < 1.29 is 22.7 Å². The highest BCUT2D eigenvalue weighted by molar-refractivity contribution is 7.90. The van der Waals surface area contributed by atoms with Gasteiger partial charge in [-0.3, -0.25) is 4.79 Å². The van der Waals surface area contributed by atoms with E-state index in [2.05, 4.69) is 0 Å². The summed E-state index contributed by atoms with van der Waals surface area (Å²) in [7, 11) is -3.54. The predicted molar refractivity (Wildman–Crippen MR) is 127 cm³/mol. The zero-order chi connectivity index (χ0) is 24.0. The highest BCUT2D eigenvalue weighted by Gasteiger charge is 2.26. The lowest BCUT2D eigenvalue weighted by atomic mass is 10.1. The van der Waals surface area contributed by atoms with Crippen molar-refractivity contribution in [3.63, 3.8) is 0 Å². The van der Waals surface area contributed by atoms with Gasteiger partial charge in [-0.2, -0.15) is 0 Å². The molecule has 1 amide bonds. The van der Waals surface area contributed by atoms with Gasteiger partial charge in [-0.15, -0.1) is 0 Å². The van der Waals surface area contributed by atoms with E-state index in [0.29, 0.717) is 13.1 Å². The molecule has 3 aromatic carbocycles. The molecule has 6 nitrogen and oxygen atoms in total. The van der Waals surface area contributed by atoms with Crippen LogP contribution in [0, 0.1) is 0 Å². The topological polar surface area (TPSA) is 80.8 Å². The molecule has 0 aliphatic rings. The Bertz CT molecular complexity index is 1190. The molecule has 33 heavy (non-hydrogen) atoms. The van der Waals surface area contributed by atoms with E-state index in [4.69, 9.17) is 16.3 Å². The van der Waals surface area contributed by atoms with Gasteiger partial charge in [-0.1, -0.05) is 72.3 Å². The fraction of sp³-hybridized carbons (Fsp3) is 0.200. The summed E-state index contributed by atoms with van der Waals surface area (Å²) in [5.41, 5.74) is 1.75. The third-order valence-electron chi connectivity index (χ3n) is 4.96. The maximum atomic E-state index is 13.2. The minimum atomic E-state index is -3.54. The Morgan fingerprint density at radius 3 is 1.91 bits per heavy atom. The minimum Gasteiger partial charge on any atom is -0.449 e. The summed E-state index contributed by atoms with van der Waals surface area (Å²) in [6, 6.07) is 22.8. The van der Waals surface area contributed by atoms with Crippen molar-refractivity contribution >= 4 is 33.3 Å². The van der Waals surface area contributed by atoms with Crippen molar-refractivity contribution in [2.24, 2.45) is 0 Å². The molecule has 0 aromatic heterocycles. The average molecular weight is 486 g/mol. The van der Waals surface area contributed by atoms with Crippen molar-refractivity contribution in [2.45, 2.75) is 31.0 Å². The molecule has 0 aliphatic carbocycles. The fourth-order valence-electron chi connectivity index (χ4n) is 3.24. The molecule has 3 rings (SSSR count). The number of rotatable bonds is 8. The quantitative estimate of drug-likeness (QED) is 0.438. The van der Waals surface area contributed by atoms with Gasteiger partial charge in [0.05, 0.1) is 15.5 Å². The second kappa shape index (κ2) is 10.6. The second-order valence-corrected chi connectivity index (χ2v) is 10.0. The van der Waals surface area contributed by atoms with Crippen LogP contribution in [0.25, 0.3) is 0 Å². The normalized spacial score (nSPS) is 12.1. The van der Waals surface area contributed by atoms with Gasteiger partial charge >= 0.3 is 5.97 Å². The zero-order valence-corrected chi connectivity index (χ0v) is 19.8. The smallest absolute Gasteiger partial charge is 0.340 e. The van der Waals surface area contributed by atoms with Gasteiger partial charge in [-0.25, -0.2) is 13.2 Å². The summed E-state index contributed by atoms with van der Waals surface area (Å²) in [5, 5.41) is 0.0393. The molecule has 0 heterocycles. The predicted octanol–water partition coefficient (Wildman–Crippen LogP) is 4.52. The van der Waals surface area contributed by atoms with E-state index in [1.54, 1.807) is 4.90 Å². The number of nitrogens with zero attached hydrogens (tertiary/aromatic N) is 1. The first kappa shape index (κ1) is 24.5. The maximum Gasteiger partial charge on any atom is 0.340 e. The van der Waals surface area contributed by atoms with Crippen LogP contribution in [0.3, 0.4) is 0 Å². The standard InChI is InChI=1S/C25H24ClNO5S/c1-18(32-25(29)22-15-21(33(2,30)31)13-14-23(22)26)24(28)27(16-19-9-5-3-6-10-19)17-20-11-7-4-8-12-20/h3-15,18H,16-17H2,1-2H3. The van der Waals surface area contributed by atoms with Crippen LogP contribution < -0.4 is 0 Å². The Morgan fingerprint density at radius 2 is 1.42 bits per heavy atom. The molecule has 0 bridgehead atoms. The van der Waals surface area contributed by atoms with Gasteiger partial charge in [0.1, 0.15) is 0 Å². The largest absolute Gasteiger partial charge is 0.449 e. The van der Waals surface area contributed by atoms with Crippen molar-refractivity contribution in [3.05, 3.63) is 101 Å². The lowest BCUT2D eigenvalue weighted by Crippen LogP contribution is -2.39. The number of carbonyl (C=O) groups excluding carboxylic acids is 2. The number of halogens is 1. The average Bonchev–Trinajstić information content (AvgIpc) is 2.79. The van der Waals surface area contributed by atoms with E-state index < -0.39 is 21.9 Å². The lowest BCUT2D eigenvalue weighted by Gasteiger charge is -2.26. The fourth-order valence-corrected chi connectivity index (χ4v) is 4.08. The number of ether oxygens (including phenoxy) is 1. The summed E-state index contributed by atoms with van der Waals surface area (Å²) in [6.07, 6.45) is -0.0781. The molecule has 0 saturated heterocycles. The summed E-state index contributed by atoms with van der Waals surface area (Å²) in [5.74, 6) is -1.25. The van der Waals surface area contributed by atoms with Gasteiger partial charge in [-0.05, 0) is 36.2 Å². The molecule has 0 saturated carbocycles. The monoisotopic (exact) mass is 485 g/mol. The minimum absolute atomic E-state index is 0.0393. The Hall–Kier alpha value is -3.16. The molecule has 0 spiro atoms. The molecule has 0 N–H and O–H groups in total. The second-order valence-electron chi connectivity index (χ2n) is 7.63. The van der Waals surface area contributed by atoms with Crippen LogP contribution in [-0.2, 0) is 32.5 Å². The maximum absolute atomic E-state index is 13.2. The molecular formula is C25H24ClNO5S. The van der Waals surface area contributed by atoms with Crippen LogP contribution in [0.2, 0.25) is 5.02 Å². The SMILES string of the molecule is CC(OC(=O)c1cc(S(C)(=O)=O)ccc1Cl)C(=O)N(Cc1ccccc1)Cc1ccccc1. The number of carbonyl (C=O) groups is 2. The number of benzene rings is 3. The molecule has 1 atom stereocenters. The number of amides is 1. The number of hydrogen-bond donors (Lipinski definition) is 0. The number of hydrogen-bond acceptors (Lipinski definition) is 5. The van der Waals surface area contributed by atoms with Crippen LogP contribution in [0.15, 0.2) is 83.8 Å². The lowest BCUT2D eigenvalue weighted by molar-refractivity contribution is -0.141. The highest BCUT2D eigenvalue weighted by atomic mass is 35.5. The third kappa shape index (κ3) is 6.66. The zero-order valence-electron chi connectivity index (χ0n) is 18.3. The molecule has 3 aromatic rings. The van der Waals surface area contributed by atoms with Gasteiger partial charge in [0, 0.05) is 19.3 Å². The van der Waals surface area contributed by atoms with Gasteiger partial charge in [0.2, 0.25) is 0 Å². The van der Waals surface area contributed by atoms with Gasteiger partial charge in [0.25, 0.3) is 5.91 Å². The molecule has 8 heteroatoms. The first-order chi connectivity index (χ1) is 15.6. The molecule has 0 aliphatic heterocycles. The first-order valence-electron chi connectivity index (χ1n) is 10.2. The Labute approximate surface area is 198 Å². The third-order valence-corrected chi connectivity index (χ3v) is 6.40.